The smallest absolute Gasteiger partial charge is 0.0640 e. The molecule has 6 aromatic carbocycles. The third-order valence-corrected chi connectivity index (χ3v) is 13.9. The van der Waals surface area contributed by atoms with Gasteiger partial charge in [0.15, 0.2) is 0 Å². The lowest BCUT2D eigenvalue weighted by molar-refractivity contribution is 0.327. The van der Waals surface area contributed by atoms with Crippen molar-refractivity contribution in [2.75, 3.05) is 4.90 Å². The molecule has 3 atom stereocenters. The van der Waals surface area contributed by atoms with Crippen molar-refractivity contribution < 1.29 is 0 Å². The van der Waals surface area contributed by atoms with Crippen molar-refractivity contribution in [1.82, 2.24) is 0 Å². The van der Waals surface area contributed by atoms with E-state index in [1.54, 1.807) is 11.1 Å². The van der Waals surface area contributed by atoms with Crippen LogP contribution in [0.15, 0.2) is 127 Å². The minimum absolute atomic E-state index is 0.0655. The quantitative estimate of drug-likeness (QED) is 0.187. The Kier molecular flexibility index (Phi) is 5.40. The Labute approximate surface area is 286 Å². The van der Waals surface area contributed by atoms with Gasteiger partial charge >= 0.3 is 0 Å². The zero-order chi connectivity index (χ0) is 31.8. The first-order chi connectivity index (χ1) is 23.5. The average molecular weight is 636 g/mol. The summed E-state index contributed by atoms with van der Waals surface area (Å²) in [5, 5.41) is 2.68. The lowest BCUT2D eigenvalue weighted by atomic mass is 9.67. The molecule has 4 aliphatic carbocycles. The molecule has 0 aliphatic heterocycles. The normalized spacial score (nSPS) is 22.3. The predicted molar refractivity (Wildman–Crippen MR) is 203 cm³/mol. The zero-order valence-corrected chi connectivity index (χ0v) is 28.3. The van der Waals surface area contributed by atoms with Gasteiger partial charge in [0.1, 0.15) is 0 Å². The van der Waals surface area contributed by atoms with E-state index >= 15 is 0 Å². The summed E-state index contributed by atoms with van der Waals surface area (Å²) in [6.07, 6.45) is 5.43. The third kappa shape index (κ3) is 3.42. The molecular weight excluding hydrogens is 599 g/mol. The molecule has 232 valence electrons. The molecule has 1 aromatic heterocycles. The second kappa shape index (κ2) is 9.49. The fourth-order valence-corrected chi connectivity index (χ4v) is 11.9. The first-order valence-electron chi connectivity index (χ1n) is 17.7. The van der Waals surface area contributed by atoms with Crippen LogP contribution in [0.1, 0.15) is 61.8 Å². The molecule has 0 N–H and O–H groups in total. The van der Waals surface area contributed by atoms with Crippen molar-refractivity contribution in [3.63, 3.8) is 0 Å². The summed E-state index contributed by atoms with van der Waals surface area (Å²) in [7, 11) is 0. The number of rotatable bonds is 3. The summed E-state index contributed by atoms with van der Waals surface area (Å²) in [6, 6.07) is 48.9. The highest BCUT2D eigenvalue weighted by Crippen LogP contribution is 2.66. The number of hydrogen-bond donors (Lipinski definition) is 0. The van der Waals surface area contributed by atoms with E-state index in [1.807, 2.05) is 11.3 Å². The molecule has 7 aromatic rings. The number of anilines is 3. The number of hydrogen-bond acceptors (Lipinski definition) is 2. The molecule has 0 saturated heterocycles. The van der Waals surface area contributed by atoms with Crippen LogP contribution in [0.4, 0.5) is 17.1 Å². The van der Waals surface area contributed by atoms with Crippen molar-refractivity contribution in [3.8, 4) is 22.3 Å². The molecular formula is C46H37NS. The predicted octanol–water partition coefficient (Wildman–Crippen LogP) is 12.9. The molecule has 11 rings (SSSR count). The van der Waals surface area contributed by atoms with E-state index in [4.69, 9.17) is 0 Å². The molecule has 0 amide bonds. The maximum Gasteiger partial charge on any atom is 0.0640 e. The Morgan fingerprint density at radius 1 is 0.583 bits per heavy atom. The first kappa shape index (κ1) is 27.3. The van der Waals surface area contributed by atoms with Gasteiger partial charge in [0, 0.05) is 37.7 Å². The highest BCUT2D eigenvalue weighted by molar-refractivity contribution is 7.26. The van der Waals surface area contributed by atoms with E-state index in [-0.39, 0.29) is 10.8 Å². The molecule has 3 unspecified atom stereocenters. The minimum Gasteiger partial charge on any atom is -0.309 e. The van der Waals surface area contributed by atoms with Gasteiger partial charge in [-0.05, 0) is 112 Å². The van der Waals surface area contributed by atoms with Gasteiger partial charge in [0.25, 0.3) is 0 Å². The molecule has 2 fully saturated rings. The highest BCUT2D eigenvalue weighted by Gasteiger charge is 2.56. The monoisotopic (exact) mass is 635 g/mol. The molecule has 48 heavy (non-hydrogen) atoms. The molecule has 1 spiro atoms. The van der Waals surface area contributed by atoms with Gasteiger partial charge in [-0.3, -0.25) is 0 Å². The van der Waals surface area contributed by atoms with Crippen LogP contribution in [0.3, 0.4) is 0 Å². The van der Waals surface area contributed by atoms with Crippen LogP contribution < -0.4 is 4.90 Å². The fourth-order valence-electron chi connectivity index (χ4n) is 10.7. The summed E-state index contributed by atoms with van der Waals surface area (Å²) in [5.74, 6) is 1.58. The van der Waals surface area contributed by atoms with Crippen LogP contribution in [0.5, 0.6) is 0 Å². The van der Waals surface area contributed by atoms with Gasteiger partial charge in [0.05, 0.1) is 10.4 Å². The lowest BCUT2D eigenvalue weighted by Gasteiger charge is -2.37. The summed E-state index contributed by atoms with van der Waals surface area (Å²) in [4.78, 5) is 2.58. The molecule has 2 bridgehead atoms. The Hall–Kier alpha value is -4.66. The molecule has 0 radical (unpaired) electrons. The van der Waals surface area contributed by atoms with Crippen molar-refractivity contribution in [2.24, 2.45) is 11.8 Å². The Bertz CT molecular complexity index is 2480. The van der Waals surface area contributed by atoms with E-state index in [0.717, 1.165) is 11.8 Å². The second-order valence-electron chi connectivity index (χ2n) is 15.3. The maximum absolute atomic E-state index is 2.61. The van der Waals surface area contributed by atoms with Gasteiger partial charge in [0.2, 0.25) is 0 Å². The third-order valence-electron chi connectivity index (χ3n) is 12.7. The Morgan fingerprint density at radius 2 is 1.23 bits per heavy atom. The van der Waals surface area contributed by atoms with Crippen molar-refractivity contribution in [3.05, 3.63) is 150 Å². The molecule has 2 heteroatoms. The van der Waals surface area contributed by atoms with E-state index in [2.05, 4.69) is 146 Å². The minimum atomic E-state index is -0.0655. The standard InChI is InChI=1S/C46H37NS/c1-45(2)38-14-6-3-10-32(38)34-22-20-30(25-40(34)45)47(42-16-9-13-37-36-12-5-8-17-43(36)48-44(37)42)31-21-23-35-33-11-4-7-15-39(33)46(41(35)26-31)27-28-18-19-29(46)24-28/h3-17,20-23,25-26,28-29H,18-19,24,27H2,1-2H3. The number of nitrogens with zero attached hydrogens (tertiary/aromatic N) is 1. The van der Waals surface area contributed by atoms with Gasteiger partial charge in [-0.1, -0.05) is 111 Å². The maximum atomic E-state index is 2.61. The molecule has 1 heterocycles. The SMILES string of the molecule is CC1(C)c2ccccc2-c2ccc(N(c3ccc4c(c3)C3(CC5CCC3C5)c3ccccc3-4)c3cccc4c3sc3ccccc34)cc21. The van der Waals surface area contributed by atoms with Crippen LogP contribution >= 0.6 is 11.3 Å². The van der Waals surface area contributed by atoms with Crippen LogP contribution in [0, 0.1) is 11.8 Å². The Balaban J connectivity index is 1.17. The van der Waals surface area contributed by atoms with E-state index in [0.29, 0.717) is 0 Å². The molecule has 1 nitrogen and oxygen atoms in total. The second-order valence-corrected chi connectivity index (χ2v) is 16.4. The topological polar surface area (TPSA) is 3.24 Å². The largest absolute Gasteiger partial charge is 0.309 e. The number of thiophene rings is 1. The van der Waals surface area contributed by atoms with Crippen LogP contribution in [-0.4, -0.2) is 0 Å². The van der Waals surface area contributed by atoms with Crippen molar-refractivity contribution in [1.29, 1.82) is 0 Å². The van der Waals surface area contributed by atoms with Crippen LogP contribution in [-0.2, 0) is 10.8 Å². The molecule has 4 aliphatic rings. The summed E-state index contributed by atoms with van der Waals surface area (Å²) in [5.41, 5.74) is 15.5. The summed E-state index contributed by atoms with van der Waals surface area (Å²) < 4.78 is 2.69. The first-order valence-corrected chi connectivity index (χ1v) is 18.5. The Morgan fingerprint density at radius 3 is 2.00 bits per heavy atom. The highest BCUT2D eigenvalue weighted by atomic mass is 32.1. The lowest BCUT2D eigenvalue weighted by Crippen LogP contribution is -2.32. The van der Waals surface area contributed by atoms with Gasteiger partial charge < -0.3 is 4.90 Å². The number of benzene rings is 6. The molecule has 2 saturated carbocycles. The van der Waals surface area contributed by atoms with Crippen molar-refractivity contribution >= 4 is 48.6 Å². The number of fused-ring (bicyclic) bond motifs is 14. The van der Waals surface area contributed by atoms with E-state index < -0.39 is 0 Å². The van der Waals surface area contributed by atoms with Crippen LogP contribution in [0.25, 0.3) is 42.4 Å². The van der Waals surface area contributed by atoms with Gasteiger partial charge in [-0.25, -0.2) is 0 Å². The van der Waals surface area contributed by atoms with Crippen molar-refractivity contribution in [2.45, 2.75) is 50.4 Å². The van der Waals surface area contributed by atoms with Crippen LogP contribution in [0.2, 0.25) is 0 Å². The summed E-state index contributed by atoms with van der Waals surface area (Å²) in [6.45, 7) is 4.79. The zero-order valence-electron chi connectivity index (χ0n) is 27.5. The summed E-state index contributed by atoms with van der Waals surface area (Å²) >= 11 is 1.92. The fraction of sp³-hybridized carbons (Fsp3) is 0.217. The van der Waals surface area contributed by atoms with Gasteiger partial charge in [-0.15, -0.1) is 11.3 Å². The average Bonchev–Trinajstić information content (AvgIpc) is 3.93. The van der Waals surface area contributed by atoms with E-state index in [1.165, 1.54) is 96.3 Å². The van der Waals surface area contributed by atoms with E-state index in [9.17, 15) is 0 Å². The van der Waals surface area contributed by atoms with Gasteiger partial charge in [-0.2, -0.15) is 0 Å².